The van der Waals surface area contributed by atoms with Gasteiger partial charge in [0, 0.05) is 13.0 Å². The molecule has 0 aromatic carbocycles. The summed E-state index contributed by atoms with van der Waals surface area (Å²) in [6, 6.07) is 0. The van der Waals surface area contributed by atoms with E-state index in [4.69, 9.17) is 14.3 Å². The Morgan fingerprint density at radius 1 is 0.794 bits per heavy atom. The zero-order chi connectivity index (χ0) is 24.7. The highest BCUT2D eigenvalue weighted by Gasteiger charge is 2.25. The lowest BCUT2D eigenvalue weighted by molar-refractivity contribution is -0.192. The van der Waals surface area contributed by atoms with Crippen molar-refractivity contribution in [2.75, 3.05) is 26.3 Å². The first-order valence-corrected chi connectivity index (χ1v) is 14.5. The van der Waals surface area contributed by atoms with Crippen LogP contribution in [0, 0.1) is 0 Å². The van der Waals surface area contributed by atoms with Crippen molar-refractivity contribution in [2.24, 2.45) is 0 Å². The summed E-state index contributed by atoms with van der Waals surface area (Å²) >= 11 is 0. The summed E-state index contributed by atoms with van der Waals surface area (Å²) in [4.78, 5) is 17.5. The van der Waals surface area contributed by atoms with Crippen LogP contribution in [-0.4, -0.2) is 54.8 Å². The van der Waals surface area contributed by atoms with E-state index >= 15 is 0 Å². The third-order valence-electron chi connectivity index (χ3n) is 6.60. The quantitative estimate of drug-likeness (QED) is 0.118. The Bertz CT molecular complexity index is 462. The van der Waals surface area contributed by atoms with Crippen molar-refractivity contribution in [3.8, 4) is 0 Å². The maximum absolute atomic E-state index is 12.0. The van der Waals surface area contributed by atoms with Crippen molar-refractivity contribution < 1.29 is 24.2 Å². The molecule has 1 saturated heterocycles. The number of hydrogen-bond acceptors (Lipinski definition) is 6. The number of hydroxylamine groups is 2. The number of hydrogen-bond donors (Lipinski definition) is 1. The van der Waals surface area contributed by atoms with Gasteiger partial charge in [0.25, 0.3) is 0 Å². The zero-order valence-corrected chi connectivity index (χ0v) is 22.4. The maximum Gasteiger partial charge on any atom is 0.325 e. The van der Waals surface area contributed by atoms with Crippen LogP contribution in [-0.2, 0) is 19.1 Å². The molecule has 0 aromatic rings. The van der Waals surface area contributed by atoms with Gasteiger partial charge in [-0.2, -0.15) is 0 Å². The van der Waals surface area contributed by atoms with E-state index in [-0.39, 0.29) is 25.0 Å². The predicted molar refractivity (Wildman–Crippen MR) is 138 cm³/mol. The number of carbonyl (C=O) groups excluding carboxylic acids is 1. The van der Waals surface area contributed by atoms with Gasteiger partial charge < -0.3 is 19.4 Å². The summed E-state index contributed by atoms with van der Waals surface area (Å²) in [6.45, 7) is 6.21. The Morgan fingerprint density at radius 2 is 1.38 bits per heavy atom. The molecule has 1 aliphatic heterocycles. The third kappa shape index (κ3) is 17.7. The normalized spacial score (nSPS) is 18.1. The molecule has 0 radical (unpaired) electrons. The number of carbonyl (C=O) groups is 1. The van der Waals surface area contributed by atoms with Crippen molar-refractivity contribution in [2.45, 2.75) is 148 Å². The molecule has 0 saturated carbocycles. The fourth-order valence-electron chi connectivity index (χ4n) is 4.47. The number of aliphatic hydroxyl groups excluding tert-OH is 1. The molecule has 0 aromatic heterocycles. The van der Waals surface area contributed by atoms with E-state index in [0.29, 0.717) is 26.1 Å². The van der Waals surface area contributed by atoms with E-state index in [1.807, 2.05) is 0 Å². The summed E-state index contributed by atoms with van der Waals surface area (Å²) in [5, 5.41) is 10.9. The molecular weight excluding hydrogens is 430 g/mol. The number of aliphatic hydroxyl groups is 1. The van der Waals surface area contributed by atoms with E-state index in [1.165, 1.54) is 70.6 Å². The molecule has 2 atom stereocenters. The molecule has 1 N–H and O–H groups in total. The van der Waals surface area contributed by atoms with Crippen molar-refractivity contribution in [3.63, 3.8) is 0 Å². The predicted octanol–water partition coefficient (Wildman–Crippen LogP) is 6.93. The van der Waals surface area contributed by atoms with Gasteiger partial charge in [-0.3, -0.25) is 4.79 Å². The lowest BCUT2D eigenvalue weighted by Crippen LogP contribution is -2.31. The fraction of sp³-hybridized carbons (Fsp3) is 0.964. The Morgan fingerprint density at radius 3 is 2.06 bits per heavy atom. The standard InChI is InChI=1S/C28H55NO5/c1-3-5-7-9-10-11-13-17-21-28-32-25-26(33-28)19-15-14-18-22-29(23-24-30)34-27(31)20-16-12-8-6-4-2/h26,28,30H,3-25H2,1-2H3. The first-order chi connectivity index (χ1) is 16.7. The van der Waals surface area contributed by atoms with Crippen LogP contribution in [0.5, 0.6) is 0 Å². The fourth-order valence-corrected chi connectivity index (χ4v) is 4.47. The topological polar surface area (TPSA) is 68.2 Å². The van der Waals surface area contributed by atoms with Crippen molar-refractivity contribution >= 4 is 5.97 Å². The summed E-state index contributed by atoms with van der Waals surface area (Å²) in [5.74, 6) is -0.177. The summed E-state index contributed by atoms with van der Waals surface area (Å²) in [6.07, 6.45) is 22.0. The summed E-state index contributed by atoms with van der Waals surface area (Å²) in [5.41, 5.74) is 0. The van der Waals surface area contributed by atoms with E-state index in [9.17, 15) is 9.90 Å². The monoisotopic (exact) mass is 485 g/mol. The minimum atomic E-state index is -0.177. The van der Waals surface area contributed by atoms with Gasteiger partial charge in [0.15, 0.2) is 6.29 Å². The maximum atomic E-state index is 12.0. The first-order valence-electron chi connectivity index (χ1n) is 14.5. The number of rotatable bonds is 24. The molecule has 1 heterocycles. The second kappa shape index (κ2) is 22.8. The largest absolute Gasteiger partial charge is 0.395 e. The first kappa shape index (κ1) is 31.3. The second-order valence-corrected chi connectivity index (χ2v) is 9.91. The number of unbranched alkanes of at least 4 members (excludes halogenated alkanes) is 13. The molecule has 1 fully saturated rings. The van der Waals surface area contributed by atoms with Gasteiger partial charge in [0.2, 0.25) is 0 Å². The minimum Gasteiger partial charge on any atom is -0.395 e. The lowest BCUT2D eigenvalue weighted by Gasteiger charge is -2.20. The minimum absolute atomic E-state index is 0.00270. The van der Waals surface area contributed by atoms with Gasteiger partial charge in [-0.25, -0.2) is 0 Å². The van der Waals surface area contributed by atoms with Crippen LogP contribution in [0.3, 0.4) is 0 Å². The Balaban J connectivity index is 2.01. The number of nitrogens with zero attached hydrogens (tertiary/aromatic N) is 1. The molecule has 0 aliphatic carbocycles. The van der Waals surface area contributed by atoms with Crippen LogP contribution in [0.4, 0.5) is 0 Å². The highest BCUT2D eigenvalue weighted by Crippen LogP contribution is 2.22. The SMILES string of the molecule is CCCCCCCCCCC1OCC(CCCCCN(CCO)OC(=O)CCCCCCC)O1. The smallest absolute Gasteiger partial charge is 0.325 e. The molecule has 1 rings (SSSR count). The van der Waals surface area contributed by atoms with Gasteiger partial charge in [-0.05, 0) is 32.1 Å². The molecule has 2 unspecified atom stereocenters. The molecule has 0 amide bonds. The summed E-state index contributed by atoms with van der Waals surface area (Å²) < 4.78 is 11.9. The third-order valence-corrected chi connectivity index (χ3v) is 6.60. The lowest BCUT2D eigenvalue weighted by atomic mass is 10.1. The Kier molecular flexibility index (Phi) is 21.0. The van der Waals surface area contributed by atoms with Crippen LogP contribution in [0.15, 0.2) is 0 Å². The molecule has 0 bridgehead atoms. The van der Waals surface area contributed by atoms with Gasteiger partial charge in [-0.1, -0.05) is 97.3 Å². The highest BCUT2D eigenvalue weighted by atomic mass is 16.7. The molecule has 6 nitrogen and oxygen atoms in total. The molecular formula is C28H55NO5. The van der Waals surface area contributed by atoms with Crippen LogP contribution in [0.25, 0.3) is 0 Å². The van der Waals surface area contributed by atoms with Crippen molar-refractivity contribution in [3.05, 3.63) is 0 Å². The zero-order valence-electron chi connectivity index (χ0n) is 22.4. The highest BCUT2D eigenvalue weighted by molar-refractivity contribution is 5.68. The van der Waals surface area contributed by atoms with Crippen LogP contribution in [0.2, 0.25) is 0 Å². The van der Waals surface area contributed by atoms with E-state index < -0.39 is 0 Å². The van der Waals surface area contributed by atoms with E-state index in [1.54, 1.807) is 5.06 Å². The molecule has 1 aliphatic rings. The summed E-state index contributed by atoms with van der Waals surface area (Å²) in [7, 11) is 0. The Labute approximate surface area is 210 Å². The van der Waals surface area contributed by atoms with E-state index in [2.05, 4.69) is 13.8 Å². The average Bonchev–Trinajstić information content (AvgIpc) is 3.28. The molecule has 202 valence electrons. The van der Waals surface area contributed by atoms with Crippen LogP contribution < -0.4 is 0 Å². The van der Waals surface area contributed by atoms with Gasteiger partial charge in [0.1, 0.15) is 0 Å². The van der Waals surface area contributed by atoms with Crippen LogP contribution in [0.1, 0.15) is 136 Å². The Hall–Kier alpha value is -0.690. The van der Waals surface area contributed by atoms with Gasteiger partial charge >= 0.3 is 5.97 Å². The van der Waals surface area contributed by atoms with Gasteiger partial charge in [0.05, 0.1) is 25.9 Å². The van der Waals surface area contributed by atoms with E-state index in [0.717, 1.165) is 44.9 Å². The number of ether oxygens (including phenoxy) is 2. The molecule has 6 heteroatoms. The molecule has 34 heavy (non-hydrogen) atoms. The van der Waals surface area contributed by atoms with Crippen molar-refractivity contribution in [1.82, 2.24) is 5.06 Å². The second-order valence-electron chi connectivity index (χ2n) is 9.91. The average molecular weight is 486 g/mol. The van der Waals surface area contributed by atoms with Crippen LogP contribution >= 0.6 is 0 Å². The molecule has 0 spiro atoms. The van der Waals surface area contributed by atoms with Gasteiger partial charge in [-0.15, -0.1) is 5.06 Å². The van der Waals surface area contributed by atoms with Crippen molar-refractivity contribution in [1.29, 1.82) is 0 Å².